The van der Waals surface area contributed by atoms with Gasteiger partial charge in [-0.15, -0.1) is 0 Å². The van der Waals surface area contributed by atoms with E-state index in [2.05, 4.69) is 15.3 Å². The molecule has 0 spiro atoms. The lowest BCUT2D eigenvalue weighted by molar-refractivity contribution is -0.133. The Labute approximate surface area is 253 Å². The fraction of sp³-hybridized carbons (Fsp3) is 0.200. The second kappa shape index (κ2) is 12.1. The molecule has 0 unspecified atom stereocenters. The number of ketones is 2. The summed E-state index contributed by atoms with van der Waals surface area (Å²) in [5.74, 6) is 0.888. The number of carbonyl (C=O) groups is 3. The van der Waals surface area contributed by atoms with Crippen molar-refractivity contribution in [2.75, 3.05) is 7.11 Å². The number of ether oxygens (including phenoxy) is 2. The van der Waals surface area contributed by atoms with Gasteiger partial charge in [-0.3, -0.25) is 14.4 Å². The number of halogens is 1. The molecule has 6 rings (SSSR count). The SMILES string of the molecule is COc1ccccc1CNC(=O)c1cc2c(Oc3ccc(CC(=O)C4(C(=O)Cc5ccc(F)cc5)CC4)cc3)ccnc2[nH]1. The number of aromatic amines is 1. The van der Waals surface area contributed by atoms with E-state index in [1.165, 1.54) is 12.1 Å². The highest BCUT2D eigenvalue weighted by atomic mass is 19.1. The van der Waals surface area contributed by atoms with Crippen LogP contribution in [0.2, 0.25) is 0 Å². The number of para-hydroxylation sites is 1. The number of hydrogen-bond acceptors (Lipinski definition) is 6. The molecule has 0 atom stereocenters. The average molecular weight is 592 g/mol. The lowest BCUT2D eigenvalue weighted by atomic mass is 9.88. The van der Waals surface area contributed by atoms with Crippen LogP contribution in [-0.4, -0.2) is 34.6 Å². The molecule has 0 radical (unpaired) electrons. The van der Waals surface area contributed by atoms with Crippen molar-refractivity contribution in [2.24, 2.45) is 5.41 Å². The summed E-state index contributed by atoms with van der Waals surface area (Å²) in [5.41, 5.74) is 2.24. The van der Waals surface area contributed by atoms with E-state index in [0.29, 0.717) is 58.9 Å². The van der Waals surface area contributed by atoms with Crippen LogP contribution < -0.4 is 14.8 Å². The number of amides is 1. The van der Waals surface area contributed by atoms with Crippen LogP contribution in [0.4, 0.5) is 4.39 Å². The minimum Gasteiger partial charge on any atom is -0.496 e. The van der Waals surface area contributed by atoms with Crippen molar-refractivity contribution in [3.8, 4) is 17.2 Å². The van der Waals surface area contributed by atoms with Crippen LogP contribution in [0.1, 0.15) is 40.0 Å². The molecule has 2 aromatic heterocycles. The van der Waals surface area contributed by atoms with E-state index in [9.17, 15) is 18.8 Å². The average Bonchev–Trinajstić information content (AvgIpc) is 3.74. The third-order valence-electron chi connectivity index (χ3n) is 7.98. The molecular formula is C35H30FN3O5. The number of nitrogens with one attached hydrogen (secondary N) is 2. The van der Waals surface area contributed by atoms with Gasteiger partial charge >= 0.3 is 0 Å². The first-order valence-electron chi connectivity index (χ1n) is 14.3. The Kier molecular flexibility index (Phi) is 7.93. The molecule has 44 heavy (non-hydrogen) atoms. The summed E-state index contributed by atoms with van der Waals surface area (Å²) in [6.45, 7) is 0.299. The van der Waals surface area contributed by atoms with Gasteiger partial charge in [0.15, 0.2) is 11.6 Å². The van der Waals surface area contributed by atoms with Gasteiger partial charge in [0.25, 0.3) is 5.91 Å². The summed E-state index contributed by atoms with van der Waals surface area (Å²) in [7, 11) is 1.59. The van der Waals surface area contributed by atoms with Crippen molar-refractivity contribution in [1.82, 2.24) is 15.3 Å². The molecule has 2 N–H and O–H groups in total. The topological polar surface area (TPSA) is 110 Å². The minimum absolute atomic E-state index is 0.0991. The maximum absolute atomic E-state index is 13.2. The number of fused-ring (bicyclic) bond motifs is 1. The van der Waals surface area contributed by atoms with Gasteiger partial charge in [-0.1, -0.05) is 42.5 Å². The Morgan fingerprint density at radius 2 is 1.55 bits per heavy atom. The number of aromatic nitrogens is 2. The van der Waals surface area contributed by atoms with E-state index in [4.69, 9.17) is 9.47 Å². The summed E-state index contributed by atoms with van der Waals surface area (Å²) < 4.78 is 24.7. The number of H-pyrrole nitrogens is 1. The highest BCUT2D eigenvalue weighted by Gasteiger charge is 2.54. The van der Waals surface area contributed by atoms with Crippen LogP contribution >= 0.6 is 0 Å². The quantitative estimate of drug-likeness (QED) is 0.169. The maximum Gasteiger partial charge on any atom is 0.268 e. The van der Waals surface area contributed by atoms with Crippen LogP contribution in [0.25, 0.3) is 11.0 Å². The highest BCUT2D eigenvalue weighted by molar-refractivity contribution is 6.11. The fourth-order valence-electron chi connectivity index (χ4n) is 5.29. The molecule has 2 heterocycles. The molecule has 3 aromatic carbocycles. The molecule has 222 valence electrons. The van der Waals surface area contributed by atoms with E-state index < -0.39 is 5.41 Å². The van der Waals surface area contributed by atoms with Gasteiger partial charge in [0.1, 0.15) is 34.4 Å². The Morgan fingerprint density at radius 3 is 2.20 bits per heavy atom. The van der Waals surface area contributed by atoms with Crippen LogP contribution in [0.5, 0.6) is 17.2 Å². The Balaban J connectivity index is 1.09. The number of benzene rings is 3. The standard InChI is InChI=1S/C35H30FN3O5/c1-43-29-5-3-2-4-24(29)21-38-34(42)28-20-27-30(14-17-37-33(27)39-28)44-26-12-8-23(9-13-26)19-32(41)35(15-16-35)31(40)18-22-6-10-25(36)11-7-22/h2-14,17,20H,15-16,18-19,21H2,1H3,(H,37,39)(H,38,42). The predicted molar refractivity (Wildman–Crippen MR) is 162 cm³/mol. The number of pyridine rings is 1. The number of Topliss-reactive ketones (excluding diaryl/α,β-unsaturated/α-hetero) is 2. The van der Waals surface area contributed by atoms with Crippen molar-refractivity contribution in [3.63, 3.8) is 0 Å². The fourth-order valence-corrected chi connectivity index (χ4v) is 5.29. The van der Waals surface area contributed by atoms with Crippen LogP contribution in [0, 0.1) is 11.2 Å². The van der Waals surface area contributed by atoms with Crippen LogP contribution in [-0.2, 0) is 29.0 Å². The first-order chi connectivity index (χ1) is 21.3. The second-order valence-electron chi connectivity index (χ2n) is 10.9. The van der Waals surface area contributed by atoms with Gasteiger partial charge in [-0.2, -0.15) is 0 Å². The largest absolute Gasteiger partial charge is 0.496 e. The van der Waals surface area contributed by atoms with Crippen LogP contribution in [0.3, 0.4) is 0 Å². The van der Waals surface area contributed by atoms with Gasteiger partial charge in [0, 0.05) is 31.1 Å². The molecule has 1 amide bonds. The number of methoxy groups -OCH3 is 1. The molecule has 9 heteroatoms. The highest BCUT2D eigenvalue weighted by Crippen LogP contribution is 2.48. The number of rotatable bonds is 12. The summed E-state index contributed by atoms with van der Waals surface area (Å²) in [5, 5.41) is 3.54. The zero-order valence-electron chi connectivity index (χ0n) is 24.1. The van der Waals surface area contributed by atoms with E-state index >= 15 is 0 Å². The minimum atomic E-state index is -0.947. The van der Waals surface area contributed by atoms with Crippen molar-refractivity contribution in [1.29, 1.82) is 0 Å². The monoisotopic (exact) mass is 591 g/mol. The molecular weight excluding hydrogens is 561 g/mol. The first kappa shape index (κ1) is 28.8. The van der Waals surface area contributed by atoms with Gasteiger partial charge in [0.2, 0.25) is 0 Å². The van der Waals surface area contributed by atoms with Crippen molar-refractivity contribution < 1.29 is 28.2 Å². The zero-order valence-corrected chi connectivity index (χ0v) is 24.1. The predicted octanol–water partition coefficient (Wildman–Crippen LogP) is 6.14. The van der Waals surface area contributed by atoms with Crippen molar-refractivity contribution in [3.05, 3.63) is 119 Å². The lowest BCUT2D eigenvalue weighted by Gasteiger charge is -2.13. The third kappa shape index (κ3) is 6.08. The molecule has 0 saturated heterocycles. The molecule has 1 aliphatic carbocycles. The first-order valence-corrected chi connectivity index (χ1v) is 14.3. The molecule has 1 fully saturated rings. The smallest absolute Gasteiger partial charge is 0.268 e. The van der Waals surface area contributed by atoms with Gasteiger partial charge < -0.3 is 19.8 Å². The number of carbonyl (C=O) groups excluding carboxylic acids is 3. The van der Waals surface area contributed by atoms with Crippen molar-refractivity contribution >= 4 is 28.5 Å². The number of nitrogens with zero attached hydrogens (tertiary/aromatic N) is 1. The van der Waals surface area contributed by atoms with Gasteiger partial charge in [0.05, 0.1) is 17.9 Å². The van der Waals surface area contributed by atoms with E-state index in [-0.39, 0.29) is 36.1 Å². The van der Waals surface area contributed by atoms with Gasteiger partial charge in [-0.25, -0.2) is 9.37 Å². The number of hydrogen-bond donors (Lipinski definition) is 2. The maximum atomic E-state index is 13.2. The Hall–Kier alpha value is -5.31. The molecule has 0 bridgehead atoms. The molecule has 8 nitrogen and oxygen atoms in total. The second-order valence-corrected chi connectivity index (χ2v) is 10.9. The Bertz CT molecular complexity index is 1840. The summed E-state index contributed by atoms with van der Waals surface area (Å²) in [6.07, 6.45) is 2.93. The molecule has 0 aliphatic heterocycles. The van der Waals surface area contributed by atoms with E-state index in [0.717, 1.165) is 11.1 Å². The summed E-state index contributed by atoms with van der Waals surface area (Å²) in [4.78, 5) is 46.4. The summed E-state index contributed by atoms with van der Waals surface area (Å²) >= 11 is 0. The van der Waals surface area contributed by atoms with Crippen molar-refractivity contribution in [2.45, 2.75) is 32.2 Å². The van der Waals surface area contributed by atoms with Crippen LogP contribution in [0.15, 0.2) is 91.1 Å². The van der Waals surface area contributed by atoms with E-state index in [1.807, 2.05) is 24.3 Å². The Morgan fingerprint density at radius 1 is 0.886 bits per heavy atom. The molecule has 1 saturated carbocycles. The van der Waals surface area contributed by atoms with E-state index in [1.54, 1.807) is 61.8 Å². The normalized spacial score (nSPS) is 13.3. The van der Waals surface area contributed by atoms with Gasteiger partial charge in [-0.05, 0) is 66.4 Å². The molecule has 1 aliphatic rings. The zero-order chi connectivity index (χ0) is 30.7. The lowest BCUT2D eigenvalue weighted by Crippen LogP contribution is -2.28. The molecule has 5 aromatic rings. The third-order valence-corrected chi connectivity index (χ3v) is 7.98. The summed E-state index contributed by atoms with van der Waals surface area (Å²) in [6, 6.07) is 23.8.